The van der Waals surface area contributed by atoms with E-state index in [1.165, 1.54) is 0 Å². The maximum atomic E-state index is 12.6. The van der Waals surface area contributed by atoms with Gasteiger partial charge in [-0.15, -0.1) is 0 Å². The third-order valence-electron chi connectivity index (χ3n) is 5.42. The van der Waals surface area contributed by atoms with Crippen molar-refractivity contribution in [1.82, 2.24) is 5.32 Å². The molecule has 0 aromatic heterocycles. The molecule has 36 heavy (non-hydrogen) atoms. The smallest absolute Gasteiger partial charge is 0.408 e. The molecule has 8 heteroatoms. The highest BCUT2D eigenvalue weighted by atomic mass is 16.5. The van der Waals surface area contributed by atoms with Gasteiger partial charge in [0.1, 0.15) is 12.6 Å². The van der Waals surface area contributed by atoms with E-state index in [0.717, 1.165) is 16.7 Å². The number of ketones is 1. The normalized spacial score (nSPS) is 11.4. The van der Waals surface area contributed by atoms with Crippen LogP contribution in [0.5, 0.6) is 0 Å². The standard InChI is InChI=1S/C28H27NO7/c30-25(24(17-26(31)32)29-28(34)36-18-20-10-4-1-5-11-20)19-35-27(33)16-23(21-12-6-2-7-13-21)22-14-8-3-9-15-22/h1-15,23-24H,16-19H2,(H,29,34)(H,31,32)/t24-/m0/s1. The number of ether oxygens (including phenoxy) is 2. The summed E-state index contributed by atoms with van der Waals surface area (Å²) in [5, 5.41) is 11.4. The van der Waals surface area contributed by atoms with Crippen LogP contribution in [-0.4, -0.2) is 41.6 Å². The fourth-order valence-electron chi connectivity index (χ4n) is 3.60. The van der Waals surface area contributed by atoms with Crippen LogP contribution in [0.25, 0.3) is 0 Å². The van der Waals surface area contributed by atoms with Crippen LogP contribution < -0.4 is 5.32 Å². The topological polar surface area (TPSA) is 119 Å². The second kappa shape index (κ2) is 13.4. The summed E-state index contributed by atoms with van der Waals surface area (Å²) < 4.78 is 10.2. The lowest BCUT2D eigenvalue weighted by Gasteiger charge is -2.18. The molecule has 1 amide bonds. The van der Waals surface area contributed by atoms with Gasteiger partial charge in [-0.25, -0.2) is 4.79 Å². The average Bonchev–Trinajstić information content (AvgIpc) is 2.90. The quantitative estimate of drug-likeness (QED) is 0.368. The molecule has 0 saturated carbocycles. The Kier molecular flexibility index (Phi) is 9.76. The van der Waals surface area contributed by atoms with E-state index in [1.54, 1.807) is 24.3 Å². The van der Waals surface area contributed by atoms with Crippen LogP contribution in [0.3, 0.4) is 0 Å². The molecule has 0 spiro atoms. The maximum absolute atomic E-state index is 12.6. The van der Waals surface area contributed by atoms with Crippen molar-refractivity contribution >= 4 is 23.8 Å². The highest BCUT2D eigenvalue weighted by Gasteiger charge is 2.26. The maximum Gasteiger partial charge on any atom is 0.408 e. The molecular weight excluding hydrogens is 462 g/mol. The van der Waals surface area contributed by atoms with Gasteiger partial charge in [-0.3, -0.25) is 14.4 Å². The van der Waals surface area contributed by atoms with E-state index in [9.17, 15) is 19.2 Å². The Morgan fingerprint density at radius 3 is 1.78 bits per heavy atom. The fraction of sp³-hybridized carbons (Fsp3) is 0.214. The molecule has 0 aliphatic heterocycles. The summed E-state index contributed by atoms with van der Waals surface area (Å²) in [5.41, 5.74) is 2.56. The number of hydrogen-bond donors (Lipinski definition) is 2. The Hall–Kier alpha value is -4.46. The fourth-order valence-corrected chi connectivity index (χ4v) is 3.60. The SMILES string of the molecule is O=C(O)C[C@H](NC(=O)OCc1ccccc1)C(=O)COC(=O)CC(c1ccccc1)c1ccccc1. The van der Waals surface area contributed by atoms with Crippen molar-refractivity contribution in [3.8, 4) is 0 Å². The molecule has 0 aliphatic rings. The molecule has 0 aliphatic carbocycles. The zero-order chi connectivity index (χ0) is 25.8. The summed E-state index contributed by atoms with van der Waals surface area (Å²) in [5.74, 6) is -2.95. The first-order valence-electron chi connectivity index (χ1n) is 11.4. The van der Waals surface area contributed by atoms with Crippen LogP contribution in [0.2, 0.25) is 0 Å². The molecule has 0 bridgehead atoms. The van der Waals surface area contributed by atoms with Crippen molar-refractivity contribution in [3.05, 3.63) is 108 Å². The van der Waals surface area contributed by atoms with Gasteiger partial charge in [0.25, 0.3) is 0 Å². The highest BCUT2D eigenvalue weighted by Crippen LogP contribution is 2.28. The molecule has 0 unspecified atom stereocenters. The van der Waals surface area contributed by atoms with E-state index in [2.05, 4.69) is 5.32 Å². The van der Waals surface area contributed by atoms with Gasteiger partial charge in [-0.05, 0) is 16.7 Å². The van der Waals surface area contributed by atoms with E-state index in [4.69, 9.17) is 14.6 Å². The zero-order valence-electron chi connectivity index (χ0n) is 19.5. The van der Waals surface area contributed by atoms with Crippen molar-refractivity contribution in [1.29, 1.82) is 0 Å². The van der Waals surface area contributed by atoms with Crippen LogP contribution in [0.15, 0.2) is 91.0 Å². The number of carboxylic acids is 1. The van der Waals surface area contributed by atoms with Gasteiger partial charge >= 0.3 is 18.0 Å². The summed E-state index contributed by atoms with van der Waals surface area (Å²) in [7, 11) is 0. The Bertz CT molecular complexity index is 1110. The van der Waals surface area contributed by atoms with Gasteiger partial charge in [0, 0.05) is 5.92 Å². The van der Waals surface area contributed by atoms with Crippen molar-refractivity contribution in [3.63, 3.8) is 0 Å². The van der Waals surface area contributed by atoms with E-state index in [0.29, 0.717) is 0 Å². The largest absolute Gasteiger partial charge is 0.481 e. The lowest BCUT2D eigenvalue weighted by molar-refractivity contribution is -0.149. The number of amides is 1. The molecule has 0 fully saturated rings. The summed E-state index contributed by atoms with van der Waals surface area (Å²) >= 11 is 0. The van der Waals surface area contributed by atoms with E-state index in [1.807, 2.05) is 66.7 Å². The first kappa shape index (κ1) is 26.2. The average molecular weight is 490 g/mol. The summed E-state index contributed by atoms with van der Waals surface area (Å²) in [4.78, 5) is 48.6. The molecular formula is C28H27NO7. The number of alkyl carbamates (subject to hydrolysis) is 1. The number of hydrogen-bond acceptors (Lipinski definition) is 6. The molecule has 0 radical (unpaired) electrons. The zero-order valence-corrected chi connectivity index (χ0v) is 19.5. The minimum Gasteiger partial charge on any atom is -0.481 e. The number of carboxylic acid groups (broad SMARTS) is 1. The predicted molar refractivity (Wildman–Crippen MR) is 131 cm³/mol. The Morgan fingerprint density at radius 1 is 0.722 bits per heavy atom. The predicted octanol–water partition coefficient (Wildman–Crippen LogP) is 4.09. The van der Waals surface area contributed by atoms with E-state index in [-0.39, 0.29) is 18.9 Å². The monoisotopic (exact) mass is 489 g/mol. The number of aliphatic carboxylic acids is 1. The minimum absolute atomic E-state index is 0.0164. The second-order valence-electron chi connectivity index (χ2n) is 8.06. The molecule has 2 N–H and O–H groups in total. The van der Waals surface area contributed by atoms with Crippen LogP contribution in [0.4, 0.5) is 4.79 Å². The van der Waals surface area contributed by atoms with Gasteiger partial charge in [-0.1, -0.05) is 91.0 Å². The number of carbonyl (C=O) groups is 4. The third kappa shape index (κ3) is 8.39. The molecule has 186 valence electrons. The van der Waals surface area contributed by atoms with Gasteiger partial charge in [0.2, 0.25) is 0 Å². The number of esters is 1. The van der Waals surface area contributed by atoms with Crippen molar-refractivity contribution in [2.45, 2.75) is 31.4 Å². The molecule has 8 nitrogen and oxygen atoms in total. The van der Waals surface area contributed by atoms with Gasteiger partial charge < -0.3 is 19.9 Å². The molecule has 0 saturated heterocycles. The molecule has 3 aromatic rings. The Morgan fingerprint density at radius 2 is 1.25 bits per heavy atom. The number of Topliss-reactive ketones (excluding diaryl/α,β-unsaturated/α-hetero) is 1. The van der Waals surface area contributed by atoms with Crippen molar-refractivity contribution in [2.24, 2.45) is 0 Å². The summed E-state index contributed by atoms with van der Waals surface area (Å²) in [6, 6.07) is 26.4. The minimum atomic E-state index is -1.40. The van der Waals surface area contributed by atoms with Gasteiger partial charge in [0.05, 0.1) is 12.8 Å². The lowest BCUT2D eigenvalue weighted by Crippen LogP contribution is -2.44. The first-order valence-corrected chi connectivity index (χ1v) is 11.4. The molecule has 1 atom stereocenters. The lowest BCUT2D eigenvalue weighted by atomic mass is 9.89. The molecule has 0 heterocycles. The van der Waals surface area contributed by atoms with E-state index < -0.39 is 42.9 Å². The van der Waals surface area contributed by atoms with Crippen molar-refractivity contribution in [2.75, 3.05) is 6.61 Å². The van der Waals surface area contributed by atoms with Crippen LogP contribution >= 0.6 is 0 Å². The number of rotatable bonds is 12. The summed E-state index contributed by atoms with van der Waals surface area (Å²) in [6.45, 7) is -0.720. The van der Waals surface area contributed by atoms with Gasteiger partial charge in [-0.2, -0.15) is 0 Å². The number of carbonyl (C=O) groups excluding carboxylic acids is 3. The van der Waals surface area contributed by atoms with E-state index >= 15 is 0 Å². The Balaban J connectivity index is 1.57. The molecule has 3 aromatic carbocycles. The van der Waals surface area contributed by atoms with Gasteiger partial charge in [0.15, 0.2) is 12.4 Å². The van der Waals surface area contributed by atoms with Crippen LogP contribution in [-0.2, 0) is 30.5 Å². The van der Waals surface area contributed by atoms with Crippen LogP contribution in [0, 0.1) is 0 Å². The Labute approximate surface area is 208 Å². The summed E-state index contributed by atoms with van der Waals surface area (Å²) in [6.07, 6.45) is -1.64. The first-order chi connectivity index (χ1) is 17.4. The molecule has 3 rings (SSSR count). The van der Waals surface area contributed by atoms with Crippen molar-refractivity contribution < 1.29 is 33.8 Å². The highest BCUT2D eigenvalue weighted by molar-refractivity contribution is 5.92. The number of benzene rings is 3. The second-order valence-corrected chi connectivity index (χ2v) is 8.06. The van der Waals surface area contributed by atoms with Crippen LogP contribution in [0.1, 0.15) is 35.4 Å². The number of nitrogens with one attached hydrogen (secondary N) is 1. The third-order valence-corrected chi connectivity index (χ3v) is 5.42.